The van der Waals surface area contributed by atoms with Gasteiger partial charge in [0.05, 0.1) is 19.3 Å². The molecule has 0 bridgehead atoms. The van der Waals surface area contributed by atoms with E-state index in [0.29, 0.717) is 13.2 Å². The monoisotopic (exact) mass is 497 g/mol. The fourth-order valence-corrected chi connectivity index (χ4v) is 4.81. The smallest absolute Gasteiger partial charge is 0.0818 e. The normalized spacial score (nSPS) is 12.8. The van der Waals surface area contributed by atoms with Crippen LogP contribution in [0.4, 0.5) is 0 Å². The molecule has 0 N–H and O–H groups in total. The zero-order valence-corrected chi connectivity index (χ0v) is 23.8. The largest absolute Gasteiger partial charge is 0.379 e. The van der Waals surface area contributed by atoms with Gasteiger partial charge in [0.2, 0.25) is 0 Å². The molecule has 2 rings (SSSR count). The first-order chi connectivity index (χ1) is 17.5. The van der Waals surface area contributed by atoms with Crippen LogP contribution < -0.4 is 0 Å². The van der Waals surface area contributed by atoms with Crippen LogP contribution in [0, 0.1) is 5.41 Å². The zero-order chi connectivity index (χ0) is 25.7. The van der Waals surface area contributed by atoms with E-state index < -0.39 is 0 Å². The second kappa shape index (κ2) is 19.5. The fourth-order valence-electron chi connectivity index (χ4n) is 4.81. The Bertz CT molecular complexity index is 720. The van der Waals surface area contributed by atoms with E-state index in [1.54, 1.807) is 0 Å². The number of nitrogens with zero attached hydrogens (tertiary/aromatic N) is 1. The van der Waals surface area contributed by atoms with Crippen molar-refractivity contribution in [3.63, 3.8) is 0 Å². The van der Waals surface area contributed by atoms with Gasteiger partial charge in [-0.25, -0.2) is 0 Å². The molecule has 1 unspecified atom stereocenters. The van der Waals surface area contributed by atoms with Gasteiger partial charge in [0.25, 0.3) is 0 Å². The highest BCUT2D eigenvalue weighted by Gasteiger charge is 2.19. The van der Waals surface area contributed by atoms with Crippen LogP contribution in [0.2, 0.25) is 0 Å². The lowest BCUT2D eigenvalue weighted by Gasteiger charge is -2.26. The maximum absolute atomic E-state index is 6.22. The Morgan fingerprint density at radius 2 is 1.19 bits per heavy atom. The first-order valence-electron chi connectivity index (χ1n) is 14.9. The second-order valence-electron chi connectivity index (χ2n) is 11.8. The number of aromatic nitrogens is 1. The number of ether oxygens (including phenoxy) is 2. The van der Waals surface area contributed by atoms with E-state index in [0.717, 1.165) is 13.0 Å². The molecule has 0 fully saturated rings. The summed E-state index contributed by atoms with van der Waals surface area (Å²) >= 11 is 0. The maximum atomic E-state index is 6.22. The second-order valence-corrected chi connectivity index (χ2v) is 11.8. The first-order valence-corrected chi connectivity index (χ1v) is 14.9. The van der Waals surface area contributed by atoms with Crippen molar-refractivity contribution in [2.75, 3.05) is 13.2 Å². The summed E-state index contributed by atoms with van der Waals surface area (Å²) < 4.78 is 14.5. The predicted octanol–water partition coefficient (Wildman–Crippen LogP) is 9.60. The van der Waals surface area contributed by atoms with Gasteiger partial charge in [0, 0.05) is 25.5 Å². The number of unbranched alkanes of at least 4 members (excludes halogenated alkanes) is 12. The van der Waals surface area contributed by atoms with Crippen molar-refractivity contribution < 1.29 is 9.47 Å². The van der Waals surface area contributed by atoms with Crippen LogP contribution in [0.3, 0.4) is 0 Å². The molecule has 204 valence electrons. The fraction of sp³-hybridized carbons (Fsp3) is 0.697. The number of aryl methyl sites for hydroxylation is 1. The molecule has 0 radical (unpaired) electrons. The molecule has 1 aromatic heterocycles. The average Bonchev–Trinajstić information content (AvgIpc) is 3.37. The lowest BCUT2D eigenvalue weighted by molar-refractivity contribution is -0.0430. The van der Waals surface area contributed by atoms with E-state index >= 15 is 0 Å². The summed E-state index contributed by atoms with van der Waals surface area (Å²) in [5.41, 5.74) is 1.48. The molecular weight excluding hydrogens is 442 g/mol. The minimum absolute atomic E-state index is 0.162. The van der Waals surface area contributed by atoms with Gasteiger partial charge in [-0.15, -0.1) is 0 Å². The van der Waals surface area contributed by atoms with Crippen molar-refractivity contribution >= 4 is 0 Å². The molecule has 0 aliphatic carbocycles. The van der Waals surface area contributed by atoms with Crippen LogP contribution >= 0.6 is 0 Å². The van der Waals surface area contributed by atoms with Crippen molar-refractivity contribution in [3.05, 3.63) is 60.4 Å². The van der Waals surface area contributed by atoms with Crippen molar-refractivity contribution in [3.8, 4) is 0 Å². The molecule has 0 amide bonds. The van der Waals surface area contributed by atoms with Crippen LogP contribution in [0.15, 0.2) is 54.9 Å². The highest BCUT2D eigenvalue weighted by Crippen LogP contribution is 2.23. The Balaban J connectivity index is 1.35. The number of rotatable bonds is 22. The molecule has 0 saturated carbocycles. The van der Waals surface area contributed by atoms with Gasteiger partial charge in [0.1, 0.15) is 0 Å². The van der Waals surface area contributed by atoms with Gasteiger partial charge >= 0.3 is 0 Å². The van der Waals surface area contributed by atoms with Crippen LogP contribution in [0.25, 0.3) is 0 Å². The molecule has 0 aliphatic rings. The molecule has 0 saturated heterocycles. The summed E-state index contributed by atoms with van der Waals surface area (Å²) in [4.78, 5) is 0. The molecule has 2 aromatic rings. The van der Waals surface area contributed by atoms with Crippen molar-refractivity contribution in [1.82, 2.24) is 4.57 Å². The zero-order valence-electron chi connectivity index (χ0n) is 23.8. The average molecular weight is 498 g/mol. The van der Waals surface area contributed by atoms with Crippen LogP contribution in [-0.2, 0) is 22.6 Å². The summed E-state index contributed by atoms with van der Waals surface area (Å²) in [5.74, 6) is 0. The van der Waals surface area contributed by atoms with Crippen LogP contribution in [0.1, 0.15) is 116 Å². The van der Waals surface area contributed by atoms with E-state index in [4.69, 9.17) is 9.47 Å². The summed E-state index contributed by atoms with van der Waals surface area (Å²) in [6.07, 6.45) is 23.3. The Kier molecular flexibility index (Phi) is 16.6. The molecule has 3 heteroatoms. The van der Waals surface area contributed by atoms with Gasteiger partial charge < -0.3 is 14.0 Å². The van der Waals surface area contributed by atoms with Crippen LogP contribution in [0.5, 0.6) is 0 Å². The molecule has 0 spiro atoms. The minimum Gasteiger partial charge on any atom is -0.379 e. The third-order valence-corrected chi connectivity index (χ3v) is 6.84. The maximum Gasteiger partial charge on any atom is 0.0818 e. The summed E-state index contributed by atoms with van der Waals surface area (Å²) in [6.45, 7) is 10.2. The standard InChI is InChI=1S/C33H55NO2/c1-33(2,3)28-32(36-29-31-22-16-15-17-23-31)30-35-27-21-14-12-10-8-6-4-5-7-9-11-13-18-24-34-25-19-20-26-34/h15-17,19-20,22-23,25-26,32H,4-14,18,21,24,27-30H2,1-3H3. The minimum atomic E-state index is 0.162. The lowest BCUT2D eigenvalue weighted by atomic mass is 9.89. The van der Waals surface area contributed by atoms with Crippen molar-refractivity contribution in [1.29, 1.82) is 0 Å². The molecule has 36 heavy (non-hydrogen) atoms. The molecule has 0 aliphatic heterocycles. The lowest BCUT2D eigenvalue weighted by Crippen LogP contribution is -2.26. The first kappa shape index (κ1) is 30.6. The molecule has 1 heterocycles. The summed E-state index contributed by atoms with van der Waals surface area (Å²) in [6, 6.07) is 14.7. The van der Waals surface area contributed by atoms with E-state index in [2.05, 4.69) is 80.2 Å². The molecule has 3 nitrogen and oxygen atoms in total. The highest BCUT2D eigenvalue weighted by atomic mass is 16.5. The van der Waals surface area contributed by atoms with E-state index in [-0.39, 0.29) is 11.5 Å². The van der Waals surface area contributed by atoms with Crippen LogP contribution in [-0.4, -0.2) is 23.9 Å². The molecule has 1 atom stereocenters. The third kappa shape index (κ3) is 17.0. The summed E-state index contributed by atoms with van der Waals surface area (Å²) in [7, 11) is 0. The Morgan fingerprint density at radius 3 is 1.75 bits per heavy atom. The van der Waals surface area contributed by atoms with Gasteiger partial charge in [0.15, 0.2) is 0 Å². The SMILES string of the molecule is CC(C)(C)CC(COCCCCCCCCCCCCCCCn1cccc1)OCc1ccccc1. The molecule has 1 aromatic carbocycles. The highest BCUT2D eigenvalue weighted by molar-refractivity contribution is 5.13. The van der Waals surface area contributed by atoms with Gasteiger partial charge in [-0.3, -0.25) is 0 Å². The van der Waals surface area contributed by atoms with Crippen molar-refractivity contribution in [2.45, 2.75) is 130 Å². The van der Waals surface area contributed by atoms with Crippen molar-refractivity contribution in [2.24, 2.45) is 5.41 Å². The number of hydrogen-bond donors (Lipinski definition) is 0. The quantitative estimate of drug-likeness (QED) is 0.151. The Morgan fingerprint density at radius 1 is 0.667 bits per heavy atom. The van der Waals surface area contributed by atoms with E-state index in [1.165, 1.54) is 95.6 Å². The van der Waals surface area contributed by atoms with Gasteiger partial charge in [-0.2, -0.15) is 0 Å². The number of benzene rings is 1. The van der Waals surface area contributed by atoms with Gasteiger partial charge in [-0.05, 0) is 42.4 Å². The molecular formula is C33H55NO2. The Labute approximate surface area is 223 Å². The topological polar surface area (TPSA) is 23.4 Å². The van der Waals surface area contributed by atoms with E-state index in [9.17, 15) is 0 Å². The Hall–Kier alpha value is -1.58. The van der Waals surface area contributed by atoms with Gasteiger partial charge in [-0.1, -0.05) is 122 Å². The number of hydrogen-bond acceptors (Lipinski definition) is 2. The third-order valence-electron chi connectivity index (χ3n) is 6.84. The van der Waals surface area contributed by atoms with E-state index in [1.807, 2.05) is 0 Å². The summed E-state index contributed by atoms with van der Waals surface area (Å²) in [5, 5.41) is 0. The predicted molar refractivity (Wildman–Crippen MR) is 154 cm³/mol.